The highest BCUT2D eigenvalue weighted by molar-refractivity contribution is 6.02. The highest BCUT2D eigenvalue weighted by Crippen LogP contribution is 2.30. The minimum atomic E-state index is -0.164. The minimum absolute atomic E-state index is 0.0139. The van der Waals surface area contributed by atoms with Crippen molar-refractivity contribution in [2.75, 3.05) is 13.1 Å². The Hall–Kier alpha value is -2.39. The van der Waals surface area contributed by atoms with E-state index in [4.69, 9.17) is 5.73 Å². The van der Waals surface area contributed by atoms with Crippen molar-refractivity contribution in [2.24, 2.45) is 11.7 Å². The molecule has 1 amide bonds. The molecule has 0 unspecified atom stereocenters. The summed E-state index contributed by atoms with van der Waals surface area (Å²) < 4.78 is 0. The lowest BCUT2D eigenvalue weighted by molar-refractivity contribution is -0.123. The molecule has 1 aliphatic heterocycles. The number of likely N-dealkylation sites (tertiary alicyclic amines) is 1. The van der Waals surface area contributed by atoms with Gasteiger partial charge in [0.15, 0.2) is 0 Å². The summed E-state index contributed by atoms with van der Waals surface area (Å²) in [5.74, 6) is -0.178. The van der Waals surface area contributed by atoms with Crippen LogP contribution in [0.4, 0.5) is 0 Å². The Morgan fingerprint density at radius 3 is 2.29 bits per heavy atom. The molecule has 2 N–H and O–H groups in total. The van der Waals surface area contributed by atoms with E-state index in [0.717, 1.165) is 32.5 Å². The molecule has 3 nitrogen and oxygen atoms in total. The number of hydrogen-bond acceptors (Lipinski definition) is 2. The molecule has 0 spiro atoms. The van der Waals surface area contributed by atoms with Gasteiger partial charge in [-0.1, -0.05) is 48.5 Å². The Kier molecular flexibility index (Phi) is 3.95. The lowest BCUT2D eigenvalue weighted by Gasteiger charge is -2.31. The van der Waals surface area contributed by atoms with E-state index in [0.29, 0.717) is 0 Å². The maximum absolute atomic E-state index is 11.6. The van der Waals surface area contributed by atoms with Crippen LogP contribution < -0.4 is 5.73 Å². The molecule has 24 heavy (non-hydrogen) atoms. The number of primary amides is 1. The second-order valence-electron chi connectivity index (χ2n) is 6.77. The summed E-state index contributed by atoms with van der Waals surface area (Å²) in [5.41, 5.74) is 6.89. The molecule has 1 saturated heterocycles. The van der Waals surface area contributed by atoms with Crippen LogP contribution in [0.2, 0.25) is 0 Å². The van der Waals surface area contributed by atoms with Gasteiger partial charge in [-0.3, -0.25) is 9.69 Å². The van der Waals surface area contributed by atoms with E-state index in [1.807, 2.05) is 0 Å². The molecule has 0 saturated carbocycles. The molecular formula is C21H22N2O. The highest BCUT2D eigenvalue weighted by Gasteiger charge is 2.24. The van der Waals surface area contributed by atoms with Gasteiger partial charge in [-0.15, -0.1) is 0 Å². The first-order chi connectivity index (χ1) is 11.7. The second-order valence-corrected chi connectivity index (χ2v) is 6.77. The maximum Gasteiger partial charge on any atom is 0.221 e. The number of nitrogens with zero attached hydrogens (tertiary/aromatic N) is 1. The van der Waals surface area contributed by atoms with Crippen molar-refractivity contribution in [3.63, 3.8) is 0 Å². The van der Waals surface area contributed by atoms with Crippen molar-refractivity contribution in [1.29, 1.82) is 0 Å². The average Bonchev–Trinajstić information content (AvgIpc) is 2.62. The molecule has 0 radical (unpaired) electrons. The third-order valence-electron chi connectivity index (χ3n) is 5.17. The van der Waals surface area contributed by atoms with Crippen LogP contribution in [0.25, 0.3) is 21.5 Å². The fraction of sp³-hybridized carbons (Fsp3) is 0.286. The second kappa shape index (κ2) is 6.25. The van der Waals surface area contributed by atoms with Crippen LogP contribution in [0.15, 0.2) is 54.6 Å². The number of benzene rings is 3. The Balaban J connectivity index is 1.78. The zero-order valence-electron chi connectivity index (χ0n) is 13.7. The molecule has 1 atom stereocenters. The molecule has 3 heteroatoms. The van der Waals surface area contributed by atoms with E-state index in [-0.39, 0.29) is 11.8 Å². The van der Waals surface area contributed by atoms with E-state index in [1.54, 1.807) is 0 Å². The van der Waals surface area contributed by atoms with E-state index in [1.165, 1.54) is 27.1 Å². The normalized spacial score (nSPS) is 18.9. The quantitative estimate of drug-likeness (QED) is 0.749. The van der Waals surface area contributed by atoms with Gasteiger partial charge < -0.3 is 5.73 Å². The number of rotatable bonds is 3. The fourth-order valence-corrected chi connectivity index (χ4v) is 3.93. The maximum atomic E-state index is 11.6. The number of carbonyl (C=O) groups excluding carboxylic acids is 1. The number of nitrogens with two attached hydrogens (primary N) is 1. The molecule has 122 valence electrons. The largest absolute Gasteiger partial charge is 0.369 e. The standard InChI is InChI=1S/C21H22N2O/c22-21(24)17-8-5-11-23(13-17)14-20-18-9-3-1-6-15(18)12-16-7-2-4-10-19(16)20/h1-4,6-7,9-10,12,17H,5,8,11,13-14H2,(H2,22,24)/t17-/m0/s1. The van der Waals surface area contributed by atoms with Gasteiger partial charge in [0.2, 0.25) is 5.91 Å². The summed E-state index contributed by atoms with van der Waals surface area (Å²) in [4.78, 5) is 14.0. The molecule has 1 heterocycles. The number of amides is 1. The molecule has 1 aliphatic rings. The first-order valence-corrected chi connectivity index (χ1v) is 8.63. The van der Waals surface area contributed by atoms with Crippen LogP contribution in [0, 0.1) is 5.92 Å². The molecule has 3 aromatic rings. The lowest BCUT2D eigenvalue weighted by Crippen LogP contribution is -2.40. The topological polar surface area (TPSA) is 46.3 Å². The molecular weight excluding hydrogens is 296 g/mol. The lowest BCUT2D eigenvalue weighted by atomic mass is 9.94. The van der Waals surface area contributed by atoms with E-state index in [9.17, 15) is 4.79 Å². The minimum Gasteiger partial charge on any atom is -0.369 e. The Morgan fingerprint density at radius 2 is 1.67 bits per heavy atom. The summed E-state index contributed by atoms with van der Waals surface area (Å²) >= 11 is 0. The predicted octanol–water partition coefficient (Wildman–Crippen LogP) is 3.69. The van der Waals surface area contributed by atoms with Gasteiger partial charge in [-0.2, -0.15) is 0 Å². The van der Waals surface area contributed by atoms with Gasteiger partial charge in [0, 0.05) is 13.1 Å². The van der Waals surface area contributed by atoms with Crippen molar-refractivity contribution in [1.82, 2.24) is 4.90 Å². The molecule has 4 rings (SSSR count). The van der Waals surface area contributed by atoms with Crippen LogP contribution in [0.1, 0.15) is 18.4 Å². The third-order valence-corrected chi connectivity index (χ3v) is 5.17. The van der Waals surface area contributed by atoms with Crippen molar-refractivity contribution in [2.45, 2.75) is 19.4 Å². The third kappa shape index (κ3) is 2.76. The van der Waals surface area contributed by atoms with Crippen LogP contribution in [-0.2, 0) is 11.3 Å². The van der Waals surface area contributed by atoms with Crippen LogP contribution in [-0.4, -0.2) is 23.9 Å². The molecule has 3 aromatic carbocycles. The number of fused-ring (bicyclic) bond motifs is 2. The van der Waals surface area contributed by atoms with Crippen LogP contribution >= 0.6 is 0 Å². The molecule has 1 fully saturated rings. The van der Waals surface area contributed by atoms with Gasteiger partial charge in [-0.05, 0) is 52.6 Å². The number of carbonyl (C=O) groups is 1. The Morgan fingerprint density at radius 1 is 1.04 bits per heavy atom. The van der Waals surface area contributed by atoms with E-state index >= 15 is 0 Å². The average molecular weight is 318 g/mol. The zero-order chi connectivity index (χ0) is 16.5. The van der Waals surface area contributed by atoms with Gasteiger partial charge in [0.1, 0.15) is 0 Å². The first-order valence-electron chi connectivity index (χ1n) is 8.63. The van der Waals surface area contributed by atoms with Gasteiger partial charge >= 0.3 is 0 Å². The predicted molar refractivity (Wildman–Crippen MR) is 98.6 cm³/mol. The summed E-state index contributed by atoms with van der Waals surface area (Å²) in [6, 6.07) is 19.4. The van der Waals surface area contributed by atoms with Gasteiger partial charge in [-0.25, -0.2) is 0 Å². The van der Waals surface area contributed by atoms with Crippen molar-refractivity contribution in [3.8, 4) is 0 Å². The van der Waals surface area contributed by atoms with Crippen molar-refractivity contribution in [3.05, 3.63) is 60.2 Å². The van der Waals surface area contributed by atoms with Crippen molar-refractivity contribution >= 4 is 27.5 Å². The van der Waals surface area contributed by atoms with E-state index < -0.39 is 0 Å². The highest BCUT2D eigenvalue weighted by atomic mass is 16.1. The van der Waals surface area contributed by atoms with Gasteiger partial charge in [0.25, 0.3) is 0 Å². The fourth-order valence-electron chi connectivity index (χ4n) is 3.93. The monoisotopic (exact) mass is 318 g/mol. The summed E-state index contributed by atoms with van der Waals surface area (Å²) in [5, 5.41) is 5.15. The summed E-state index contributed by atoms with van der Waals surface area (Å²) in [7, 11) is 0. The van der Waals surface area contributed by atoms with Crippen LogP contribution in [0.5, 0.6) is 0 Å². The first kappa shape index (κ1) is 15.2. The Labute approximate surface area is 142 Å². The smallest absolute Gasteiger partial charge is 0.221 e. The number of piperidine rings is 1. The Bertz CT molecular complexity index is 849. The van der Waals surface area contributed by atoms with Crippen LogP contribution in [0.3, 0.4) is 0 Å². The van der Waals surface area contributed by atoms with Crippen molar-refractivity contribution < 1.29 is 4.79 Å². The molecule has 0 aliphatic carbocycles. The summed E-state index contributed by atoms with van der Waals surface area (Å²) in [6.07, 6.45) is 1.96. The van der Waals surface area contributed by atoms with Gasteiger partial charge in [0.05, 0.1) is 5.92 Å². The number of hydrogen-bond donors (Lipinski definition) is 1. The van der Waals surface area contributed by atoms with E-state index in [2.05, 4.69) is 59.5 Å². The molecule has 0 bridgehead atoms. The zero-order valence-corrected chi connectivity index (χ0v) is 13.7. The molecule has 0 aromatic heterocycles. The summed E-state index contributed by atoms with van der Waals surface area (Å²) in [6.45, 7) is 2.67. The SMILES string of the molecule is NC(=O)[C@H]1CCCN(Cc2c3ccccc3cc3ccccc23)C1.